The van der Waals surface area contributed by atoms with Crippen molar-refractivity contribution in [3.63, 3.8) is 0 Å². The van der Waals surface area contributed by atoms with Crippen LogP contribution in [0.25, 0.3) is 5.65 Å². The van der Waals surface area contributed by atoms with Crippen LogP contribution in [0.3, 0.4) is 0 Å². The molecule has 28 heavy (non-hydrogen) atoms. The minimum Gasteiger partial charge on any atom is -0.347 e. The fourth-order valence-electron chi connectivity index (χ4n) is 3.70. The van der Waals surface area contributed by atoms with Gasteiger partial charge in [-0.2, -0.15) is 4.39 Å². The highest BCUT2D eigenvalue weighted by atomic mass is 35.5. The molecule has 0 saturated heterocycles. The maximum atomic E-state index is 14.8. The number of halogens is 2. The second-order valence-corrected chi connectivity index (χ2v) is 7.18. The molecule has 0 aliphatic carbocycles. The third-order valence-corrected chi connectivity index (χ3v) is 5.27. The van der Waals surface area contributed by atoms with Gasteiger partial charge in [0.1, 0.15) is 5.65 Å². The van der Waals surface area contributed by atoms with Crippen LogP contribution in [0.4, 0.5) is 4.39 Å². The van der Waals surface area contributed by atoms with E-state index >= 15 is 0 Å². The molecule has 1 atom stereocenters. The number of nitrogens with one attached hydrogen (secondary N) is 1. The quantitative estimate of drug-likeness (QED) is 0.563. The first kappa shape index (κ1) is 16.9. The number of carbonyl (C=O) groups is 1. The number of carbonyl (C=O) groups excluding carboxylic acids is 1. The Morgan fingerprint density at radius 1 is 1.21 bits per heavy atom. The summed E-state index contributed by atoms with van der Waals surface area (Å²) in [5.74, 6) is -1.26. The molecule has 1 aliphatic rings. The van der Waals surface area contributed by atoms with E-state index in [-0.39, 0.29) is 11.6 Å². The lowest BCUT2D eigenvalue weighted by atomic mass is 9.91. The topological polar surface area (TPSA) is 66.3 Å². The number of pyridine rings is 1. The van der Waals surface area contributed by atoms with E-state index in [4.69, 9.17) is 11.6 Å². The van der Waals surface area contributed by atoms with Gasteiger partial charge in [-0.3, -0.25) is 9.20 Å². The van der Waals surface area contributed by atoms with Crippen LogP contribution in [0.15, 0.2) is 55.0 Å². The summed E-state index contributed by atoms with van der Waals surface area (Å²) in [6.07, 6.45) is 3.04. The van der Waals surface area contributed by atoms with Crippen molar-refractivity contribution in [3.8, 4) is 0 Å². The van der Waals surface area contributed by atoms with Crippen molar-refractivity contribution in [2.45, 2.75) is 12.5 Å². The third kappa shape index (κ3) is 2.66. The smallest absolute Gasteiger partial charge is 0.277 e. The van der Waals surface area contributed by atoms with Crippen molar-refractivity contribution < 1.29 is 9.18 Å². The number of fused-ring (bicyclic) bond motifs is 2. The number of H-pyrrole nitrogens is 1. The van der Waals surface area contributed by atoms with Gasteiger partial charge in [0.2, 0.25) is 5.95 Å². The number of hydrogen-bond acceptors (Lipinski definition) is 3. The van der Waals surface area contributed by atoms with Gasteiger partial charge in [0.25, 0.3) is 5.91 Å². The van der Waals surface area contributed by atoms with E-state index in [9.17, 15) is 9.18 Å². The van der Waals surface area contributed by atoms with Crippen LogP contribution in [-0.4, -0.2) is 36.7 Å². The van der Waals surface area contributed by atoms with Crippen LogP contribution in [0.5, 0.6) is 0 Å². The number of nitrogens with zero attached hydrogens (tertiary/aromatic N) is 4. The molecule has 0 spiro atoms. The number of aromatic nitrogens is 4. The maximum Gasteiger partial charge on any atom is 0.277 e. The van der Waals surface area contributed by atoms with Crippen molar-refractivity contribution in [3.05, 3.63) is 88.6 Å². The van der Waals surface area contributed by atoms with E-state index in [1.165, 1.54) is 10.6 Å². The lowest BCUT2D eigenvalue weighted by molar-refractivity contribution is 0.0711. The number of benzene rings is 1. The van der Waals surface area contributed by atoms with E-state index in [0.29, 0.717) is 23.8 Å². The van der Waals surface area contributed by atoms with E-state index < -0.39 is 11.9 Å². The fraction of sp³-hybridized carbons (Fsp3) is 0.150. The lowest BCUT2D eigenvalue weighted by Crippen LogP contribution is -2.39. The van der Waals surface area contributed by atoms with Crippen LogP contribution in [0.1, 0.15) is 33.4 Å². The monoisotopic (exact) mass is 395 g/mol. The third-order valence-electron chi connectivity index (χ3n) is 5.05. The average Bonchev–Trinajstić information content (AvgIpc) is 3.32. The number of amides is 1. The number of imidazole rings is 2. The molecule has 0 bridgehead atoms. The van der Waals surface area contributed by atoms with Crippen LogP contribution in [0, 0.1) is 5.95 Å². The van der Waals surface area contributed by atoms with Crippen LogP contribution < -0.4 is 0 Å². The highest BCUT2D eigenvalue weighted by Gasteiger charge is 2.34. The Balaban J connectivity index is 1.53. The number of hydrogen-bond donors (Lipinski definition) is 1. The molecule has 1 amide bonds. The average molecular weight is 396 g/mol. The minimum absolute atomic E-state index is 0.0883. The van der Waals surface area contributed by atoms with Gasteiger partial charge < -0.3 is 9.88 Å². The molecule has 8 heteroatoms. The zero-order chi connectivity index (χ0) is 19.3. The fourth-order valence-corrected chi connectivity index (χ4v) is 3.86. The summed E-state index contributed by atoms with van der Waals surface area (Å²) in [6.45, 7) is 0.723. The Bertz CT molecular complexity index is 1190. The zero-order valence-electron chi connectivity index (χ0n) is 14.6. The standard InChI is InChI=1S/C20H15ClFN5O/c21-13-6-7-16-25-18(19(22)27(16)8-13)20(28)26-9-14(12-4-2-1-3-5-12)17-15(10-26)23-11-24-17/h1-8,11,14H,9-10H2,(H,23,24). The predicted molar refractivity (Wildman–Crippen MR) is 102 cm³/mol. The second kappa shape index (κ2) is 6.45. The zero-order valence-corrected chi connectivity index (χ0v) is 15.4. The summed E-state index contributed by atoms with van der Waals surface area (Å²) in [7, 11) is 0. The van der Waals surface area contributed by atoms with Gasteiger partial charge in [-0.1, -0.05) is 41.9 Å². The van der Waals surface area contributed by atoms with Gasteiger partial charge in [-0.15, -0.1) is 0 Å². The highest BCUT2D eigenvalue weighted by molar-refractivity contribution is 6.30. The largest absolute Gasteiger partial charge is 0.347 e. The molecular weight excluding hydrogens is 381 g/mol. The van der Waals surface area contributed by atoms with E-state index in [2.05, 4.69) is 15.0 Å². The van der Waals surface area contributed by atoms with E-state index in [1.54, 1.807) is 23.4 Å². The van der Waals surface area contributed by atoms with Crippen molar-refractivity contribution in [2.75, 3.05) is 6.54 Å². The summed E-state index contributed by atoms with van der Waals surface area (Å²) in [6, 6.07) is 13.0. The normalized spacial score (nSPS) is 16.4. The minimum atomic E-state index is -0.714. The maximum absolute atomic E-state index is 14.8. The van der Waals surface area contributed by atoms with Gasteiger partial charge in [0.15, 0.2) is 5.69 Å². The molecule has 4 aromatic rings. The lowest BCUT2D eigenvalue weighted by Gasteiger charge is -2.31. The molecule has 1 unspecified atom stereocenters. The molecule has 1 aliphatic heterocycles. The van der Waals surface area contributed by atoms with Crippen LogP contribution >= 0.6 is 11.6 Å². The molecule has 140 valence electrons. The van der Waals surface area contributed by atoms with Crippen LogP contribution in [0.2, 0.25) is 5.02 Å². The molecular formula is C20H15ClFN5O. The van der Waals surface area contributed by atoms with Gasteiger partial charge in [-0.25, -0.2) is 9.97 Å². The molecule has 0 fully saturated rings. The summed E-state index contributed by atoms with van der Waals surface area (Å²) in [5, 5.41) is 0.368. The molecule has 1 aromatic carbocycles. The second-order valence-electron chi connectivity index (χ2n) is 6.74. The molecule has 0 saturated carbocycles. The van der Waals surface area contributed by atoms with Crippen LogP contribution in [-0.2, 0) is 6.54 Å². The Morgan fingerprint density at radius 3 is 2.86 bits per heavy atom. The summed E-state index contributed by atoms with van der Waals surface area (Å²) in [5.41, 5.74) is 2.94. The van der Waals surface area contributed by atoms with Crippen molar-refractivity contribution in [1.29, 1.82) is 0 Å². The summed E-state index contributed by atoms with van der Waals surface area (Å²) in [4.78, 5) is 26.5. The molecule has 4 heterocycles. The van der Waals surface area contributed by atoms with Gasteiger partial charge in [-0.05, 0) is 17.7 Å². The first-order valence-electron chi connectivity index (χ1n) is 8.81. The van der Waals surface area contributed by atoms with E-state index in [0.717, 1.165) is 17.0 Å². The molecule has 3 aromatic heterocycles. The van der Waals surface area contributed by atoms with Gasteiger partial charge >= 0.3 is 0 Å². The Labute approximate surface area is 164 Å². The molecule has 5 rings (SSSR count). The first-order valence-corrected chi connectivity index (χ1v) is 9.19. The molecule has 0 radical (unpaired) electrons. The number of rotatable bonds is 2. The Hall–Kier alpha value is -3.19. The summed E-state index contributed by atoms with van der Waals surface area (Å²) < 4.78 is 16.0. The first-order chi connectivity index (χ1) is 13.6. The van der Waals surface area contributed by atoms with Crippen molar-refractivity contribution in [1.82, 2.24) is 24.3 Å². The Morgan fingerprint density at radius 2 is 2.04 bits per heavy atom. The van der Waals surface area contributed by atoms with Crippen molar-refractivity contribution in [2.24, 2.45) is 0 Å². The summed E-state index contributed by atoms with van der Waals surface area (Å²) >= 11 is 5.94. The van der Waals surface area contributed by atoms with Gasteiger partial charge in [0.05, 0.1) is 29.3 Å². The SMILES string of the molecule is O=C(c1nc2ccc(Cl)cn2c1F)N1Cc2[nH]cnc2C(c2ccccc2)C1. The molecule has 1 N–H and O–H groups in total. The predicted octanol–water partition coefficient (Wildman–Crippen LogP) is 3.64. The van der Waals surface area contributed by atoms with E-state index in [1.807, 2.05) is 30.3 Å². The Kier molecular flexibility index (Phi) is 3.91. The number of aromatic amines is 1. The van der Waals surface area contributed by atoms with Gasteiger partial charge in [0, 0.05) is 18.7 Å². The highest BCUT2D eigenvalue weighted by Crippen LogP contribution is 2.32. The van der Waals surface area contributed by atoms with Crippen molar-refractivity contribution >= 4 is 23.2 Å². The molecule has 6 nitrogen and oxygen atoms in total.